The van der Waals surface area contributed by atoms with Gasteiger partial charge in [-0.15, -0.1) is 0 Å². The summed E-state index contributed by atoms with van der Waals surface area (Å²) in [5, 5.41) is 4.68. The highest BCUT2D eigenvalue weighted by Gasteiger charge is 2.46. The summed E-state index contributed by atoms with van der Waals surface area (Å²) in [6.45, 7) is 16.0. The summed E-state index contributed by atoms with van der Waals surface area (Å²) >= 11 is 0. The minimum absolute atomic E-state index is 0.0201. The van der Waals surface area contributed by atoms with E-state index < -0.39 is 13.9 Å². The van der Waals surface area contributed by atoms with Crippen LogP contribution in [0, 0.1) is 0 Å². The van der Waals surface area contributed by atoms with Crippen molar-refractivity contribution in [1.29, 1.82) is 0 Å². The van der Waals surface area contributed by atoms with Gasteiger partial charge >= 0.3 is 5.97 Å². The van der Waals surface area contributed by atoms with Gasteiger partial charge in [0.2, 0.25) is 0 Å². The first-order valence-electron chi connectivity index (χ1n) is 16.5. The number of hydrogen-bond acceptors (Lipinski definition) is 5. The van der Waals surface area contributed by atoms with Crippen LogP contribution in [0.1, 0.15) is 56.4 Å². The zero-order valence-corrected chi connectivity index (χ0v) is 29.3. The van der Waals surface area contributed by atoms with Crippen LogP contribution >= 0.6 is 0 Å². The molecule has 0 bridgehead atoms. The molecule has 6 nitrogen and oxygen atoms in total. The molecule has 0 aliphatic carbocycles. The molecule has 7 heteroatoms. The highest BCUT2D eigenvalue weighted by molar-refractivity contribution is 6.74. The maximum atomic E-state index is 12.1. The van der Waals surface area contributed by atoms with E-state index in [0.29, 0.717) is 13.2 Å². The Balaban J connectivity index is 1.57. The number of nitrogens with zero attached hydrogens (tertiary/aromatic N) is 3. The number of carbonyl (C=O) groups is 1. The molecule has 0 N–H and O–H groups in total. The lowest BCUT2D eigenvalue weighted by atomic mass is 9.74. The molecular formula is C39H49N3O3Si. The molecule has 0 amide bonds. The highest BCUT2D eigenvalue weighted by atomic mass is 28.4. The third-order valence-electron chi connectivity index (χ3n) is 9.62. The van der Waals surface area contributed by atoms with E-state index in [1.807, 2.05) is 17.8 Å². The zero-order valence-electron chi connectivity index (χ0n) is 28.3. The lowest BCUT2D eigenvalue weighted by molar-refractivity contribution is -0.142. The Morgan fingerprint density at radius 1 is 0.913 bits per heavy atom. The van der Waals surface area contributed by atoms with Crippen LogP contribution in [0.2, 0.25) is 18.1 Å². The summed E-state index contributed by atoms with van der Waals surface area (Å²) in [4.78, 5) is 14.7. The van der Waals surface area contributed by atoms with Crippen LogP contribution in [-0.4, -0.2) is 54.8 Å². The van der Waals surface area contributed by atoms with Crippen molar-refractivity contribution in [2.45, 2.75) is 76.9 Å². The number of ether oxygens (including phenoxy) is 1. The van der Waals surface area contributed by atoms with Crippen LogP contribution in [0.15, 0.2) is 115 Å². The van der Waals surface area contributed by atoms with Crippen LogP contribution in [-0.2, 0) is 32.5 Å². The Morgan fingerprint density at radius 2 is 1.46 bits per heavy atom. The number of esters is 1. The van der Waals surface area contributed by atoms with Crippen LogP contribution in [0.5, 0.6) is 0 Å². The molecular weight excluding hydrogens is 587 g/mol. The van der Waals surface area contributed by atoms with Gasteiger partial charge in [-0.1, -0.05) is 118 Å². The molecule has 1 aliphatic rings. The van der Waals surface area contributed by atoms with E-state index >= 15 is 0 Å². The Morgan fingerprint density at radius 3 is 1.96 bits per heavy atom. The highest BCUT2D eigenvalue weighted by Crippen LogP contribution is 2.45. The quantitative estimate of drug-likeness (QED) is 0.0724. The monoisotopic (exact) mass is 635 g/mol. The van der Waals surface area contributed by atoms with Crippen LogP contribution < -0.4 is 0 Å². The SMILES string of the molecule is CCOC(=O)Cc1cnn(C/C=C2/CN(C(c3ccccc3)(c3ccccc3)c3ccccc3)CCC2O[Si](C)(C)C(C)(C)C)c1. The Kier molecular flexibility index (Phi) is 10.5. The van der Waals surface area contributed by atoms with Crippen LogP contribution in [0.3, 0.4) is 0 Å². The Bertz CT molecular complexity index is 1500. The van der Waals surface area contributed by atoms with Gasteiger partial charge in [0.25, 0.3) is 0 Å². The summed E-state index contributed by atoms with van der Waals surface area (Å²) in [7, 11) is -2.06. The van der Waals surface area contributed by atoms with E-state index in [0.717, 1.165) is 25.1 Å². The second-order valence-corrected chi connectivity index (χ2v) is 18.5. The summed E-state index contributed by atoms with van der Waals surface area (Å²) in [5.74, 6) is -0.231. The van der Waals surface area contributed by atoms with E-state index in [9.17, 15) is 4.79 Å². The minimum Gasteiger partial charge on any atom is -0.466 e. The molecule has 1 aromatic heterocycles. The molecule has 1 saturated heterocycles. The molecule has 5 rings (SSSR count). The van der Waals surface area contributed by atoms with E-state index in [1.54, 1.807) is 6.20 Å². The molecule has 46 heavy (non-hydrogen) atoms. The zero-order chi connectivity index (χ0) is 32.8. The minimum atomic E-state index is -2.06. The normalized spacial score (nSPS) is 17.3. The summed E-state index contributed by atoms with van der Waals surface area (Å²) in [6.07, 6.45) is 7.14. The average molecular weight is 636 g/mol. The van der Waals surface area contributed by atoms with Crippen molar-refractivity contribution in [1.82, 2.24) is 14.7 Å². The first kappa shape index (κ1) is 33.6. The molecule has 0 spiro atoms. The predicted octanol–water partition coefficient (Wildman–Crippen LogP) is 8.00. The van der Waals surface area contributed by atoms with Crippen LogP contribution in [0.4, 0.5) is 0 Å². The number of carbonyl (C=O) groups excluding carboxylic acids is 1. The lowest BCUT2D eigenvalue weighted by Gasteiger charge is -2.50. The van der Waals surface area contributed by atoms with Gasteiger partial charge in [-0.3, -0.25) is 14.4 Å². The number of likely N-dealkylation sites (tertiary alicyclic amines) is 1. The van der Waals surface area contributed by atoms with Crippen molar-refractivity contribution in [3.63, 3.8) is 0 Å². The fourth-order valence-electron chi connectivity index (χ4n) is 6.28. The number of aromatic nitrogens is 2. The van der Waals surface area contributed by atoms with Crippen molar-refractivity contribution in [2.75, 3.05) is 19.7 Å². The Labute approximate surface area is 276 Å². The van der Waals surface area contributed by atoms with Gasteiger partial charge in [-0.05, 0) is 53.7 Å². The van der Waals surface area contributed by atoms with Gasteiger partial charge in [-0.25, -0.2) is 0 Å². The van der Waals surface area contributed by atoms with Gasteiger partial charge in [-0.2, -0.15) is 5.10 Å². The topological polar surface area (TPSA) is 56.6 Å². The smallest absolute Gasteiger partial charge is 0.310 e. The number of benzene rings is 3. The molecule has 0 radical (unpaired) electrons. The molecule has 3 aromatic carbocycles. The standard InChI is InChI=1S/C39H49N3O3Si/c1-7-44-37(43)27-31-28-40-42(29-31)26-23-32-30-41(25-24-36(32)45-46(5,6)38(2,3)4)39(33-17-11-8-12-18-33,34-19-13-9-14-20-34)35-21-15-10-16-22-35/h8-23,28-29,36H,7,24-27,30H2,1-6H3/b32-23-. The molecule has 2 heterocycles. The first-order chi connectivity index (χ1) is 22.0. The van der Waals surface area contributed by atoms with Crippen molar-refractivity contribution in [3.05, 3.63) is 137 Å². The second-order valence-electron chi connectivity index (χ2n) is 13.7. The fraction of sp³-hybridized carbons (Fsp3) is 0.385. The fourth-order valence-corrected chi connectivity index (χ4v) is 7.62. The number of piperidine rings is 1. The molecule has 1 atom stereocenters. The van der Waals surface area contributed by atoms with Gasteiger partial charge in [0.15, 0.2) is 8.32 Å². The molecule has 4 aromatic rings. The third kappa shape index (κ3) is 7.27. The van der Waals surface area contributed by atoms with Crippen LogP contribution in [0.25, 0.3) is 0 Å². The molecule has 0 saturated carbocycles. The summed E-state index contributed by atoms with van der Waals surface area (Å²) in [6, 6.07) is 32.7. The summed E-state index contributed by atoms with van der Waals surface area (Å²) < 4.78 is 14.2. The maximum Gasteiger partial charge on any atom is 0.310 e. The Hall–Kier alpha value is -3.78. The van der Waals surface area contributed by atoms with Gasteiger partial charge in [0.05, 0.1) is 37.4 Å². The van der Waals surface area contributed by atoms with Crippen molar-refractivity contribution in [2.24, 2.45) is 0 Å². The van der Waals surface area contributed by atoms with E-state index in [4.69, 9.17) is 9.16 Å². The van der Waals surface area contributed by atoms with E-state index in [2.05, 4.69) is 141 Å². The average Bonchev–Trinajstić information content (AvgIpc) is 3.49. The summed E-state index contributed by atoms with van der Waals surface area (Å²) in [5.41, 5.74) is 5.35. The third-order valence-corrected chi connectivity index (χ3v) is 14.1. The molecule has 242 valence electrons. The molecule has 1 unspecified atom stereocenters. The second kappa shape index (κ2) is 14.3. The number of allylic oxidation sites excluding steroid dienone is 1. The number of rotatable bonds is 11. The van der Waals surface area contributed by atoms with E-state index in [-0.39, 0.29) is 23.5 Å². The van der Waals surface area contributed by atoms with Crippen molar-refractivity contribution < 1.29 is 14.0 Å². The van der Waals surface area contributed by atoms with Gasteiger partial charge in [0.1, 0.15) is 0 Å². The first-order valence-corrected chi connectivity index (χ1v) is 19.4. The molecule has 1 fully saturated rings. The predicted molar refractivity (Wildman–Crippen MR) is 188 cm³/mol. The number of hydrogen-bond donors (Lipinski definition) is 0. The largest absolute Gasteiger partial charge is 0.466 e. The maximum absolute atomic E-state index is 12.1. The molecule has 1 aliphatic heterocycles. The van der Waals surface area contributed by atoms with Gasteiger partial charge in [0, 0.05) is 24.8 Å². The lowest BCUT2D eigenvalue weighted by Crippen LogP contribution is -2.55. The van der Waals surface area contributed by atoms with Crippen molar-refractivity contribution >= 4 is 14.3 Å². The van der Waals surface area contributed by atoms with Crippen molar-refractivity contribution in [3.8, 4) is 0 Å². The van der Waals surface area contributed by atoms with Gasteiger partial charge < -0.3 is 9.16 Å². The van der Waals surface area contributed by atoms with E-state index in [1.165, 1.54) is 22.3 Å².